The fourth-order valence-corrected chi connectivity index (χ4v) is 4.54. The van der Waals surface area contributed by atoms with E-state index in [0.29, 0.717) is 12.2 Å². The van der Waals surface area contributed by atoms with E-state index in [4.69, 9.17) is 10.5 Å². The van der Waals surface area contributed by atoms with Gasteiger partial charge in [-0.25, -0.2) is 9.48 Å². The lowest BCUT2D eigenvalue weighted by atomic mass is 9.94. The van der Waals surface area contributed by atoms with Gasteiger partial charge in [-0.15, -0.1) is 0 Å². The molecule has 0 fully saturated rings. The van der Waals surface area contributed by atoms with Gasteiger partial charge in [-0.3, -0.25) is 9.59 Å². The number of benzene rings is 2. The molecular formula is C29H34F3N5O4. The van der Waals surface area contributed by atoms with E-state index in [-0.39, 0.29) is 34.8 Å². The van der Waals surface area contributed by atoms with Crippen LogP contribution < -0.4 is 16.0 Å². The molecular weight excluding hydrogens is 539 g/mol. The van der Waals surface area contributed by atoms with Gasteiger partial charge in [-0.1, -0.05) is 26.0 Å². The summed E-state index contributed by atoms with van der Waals surface area (Å²) in [5, 5.41) is 6.60. The van der Waals surface area contributed by atoms with E-state index in [1.165, 1.54) is 11.0 Å². The Morgan fingerprint density at radius 3 is 2.41 bits per heavy atom. The van der Waals surface area contributed by atoms with Crippen molar-refractivity contribution in [3.8, 4) is 5.69 Å². The van der Waals surface area contributed by atoms with Crippen LogP contribution in [0.15, 0.2) is 54.9 Å². The molecule has 1 aromatic heterocycles. The van der Waals surface area contributed by atoms with Crippen molar-refractivity contribution in [1.29, 1.82) is 0 Å². The van der Waals surface area contributed by atoms with Crippen LogP contribution in [0.4, 0.5) is 29.3 Å². The van der Waals surface area contributed by atoms with Gasteiger partial charge < -0.3 is 20.7 Å². The topological polar surface area (TPSA) is 120 Å². The molecule has 0 aliphatic heterocycles. The molecule has 9 nitrogen and oxygen atoms in total. The molecule has 0 unspecified atom stereocenters. The minimum absolute atomic E-state index is 0.0634. The van der Waals surface area contributed by atoms with E-state index in [0.717, 1.165) is 6.07 Å². The number of alkyl halides is 3. The lowest BCUT2D eigenvalue weighted by Gasteiger charge is -2.29. The Morgan fingerprint density at radius 1 is 1.12 bits per heavy atom. The lowest BCUT2D eigenvalue weighted by Crippen LogP contribution is -2.34. The minimum atomic E-state index is -4.74. The zero-order valence-electron chi connectivity index (χ0n) is 23.6. The molecule has 0 spiro atoms. The number of carbonyl (C=O) groups excluding carboxylic acids is 3. The average molecular weight is 574 g/mol. The molecule has 1 heterocycles. The third-order valence-corrected chi connectivity index (χ3v) is 6.10. The molecule has 3 aromatic rings. The Bertz CT molecular complexity index is 1400. The van der Waals surface area contributed by atoms with Crippen LogP contribution in [0, 0.1) is 5.92 Å². The van der Waals surface area contributed by atoms with Crippen LogP contribution in [-0.4, -0.2) is 46.8 Å². The molecule has 12 heteroatoms. The number of nitrogens with one attached hydrogen (secondary N) is 1. The van der Waals surface area contributed by atoms with Gasteiger partial charge in [0, 0.05) is 49.3 Å². The highest BCUT2D eigenvalue weighted by molar-refractivity contribution is 6.11. The number of ketones is 1. The molecule has 0 radical (unpaired) electrons. The number of nitrogens with two attached hydrogens (primary N) is 1. The predicted molar refractivity (Wildman–Crippen MR) is 149 cm³/mol. The van der Waals surface area contributed by atoms with Crippen LogP contribution in [0.3, 0.4) is 0 Å². The van der Waals surface area contributed by atoms with Gasteiger partial charge in [0.25, 0.3) is 0 Å². The van der Waals surface area contributed by atoms with Crippen LogP contribution in [0.2, 0.25) is 0 Å². The van der Waals surface area contributed by atoms with Gasteiger partial charge in [0.1, 0.15) is 5.60 Å². The Hall–Kier alpha value is -4.35. The molecule has 2 aromatic carbocycles. The Balaban J connectivity index is 1.96. The second-order valence-corrected chi connectivity index (χ2v) is 10.8. The summed E-state index contributed by atoms with van der Waals surface area (Å²) in [6.45, 7) is 7.19. The number of primary amides is 1. The first kappa shape index (κ1) is 31.2. The lowest BCUT2D eigenvalue weighted by molar-refractivity contribution is -0.137. The first-order valence-corrected chi connectivity index (χ1v) is 12.9. The van der Waals surface area contributed by atoms with Crippen LogP contribution in [0.1, 0.15) is 55.6 Å². The number of nitrogens with zero attached hydrogens (tertiary/aromatic N) is 3. The number of amides is 2. The first-order valence-electron chi connectivity index (χ1n) is 12.9. The number of Topliss-reactive ketones (excluding diaryl/α,β-unsaturated/α-hetero) is 1. The van der Waals surface area contributed by atoms with E-state index in [2.05, 4.69) is 10.4 Å². The summed E-state index contributed by atoms with van der Waals surface area (Å²) < 4.78 is 49.3. The number of aromatic nitrogens is 2. The molecule has 0 atom stereocenters. The summed E-state index contributed by atoms with van der Waals surface area (Å²) in [6, 6.07) is 10.4. The number of hydrogen-bond acceptors (Lipinski definition) is 6. The Labute approximate surface area is 236 Å². The van der Waals surface area contributed by atoms with Crippen molar-refractivity contribution in [3.05, 3.63) is 71.5 Å². The second-order valence-electron chi connectivity index (χ2n) is 10.8. The summed E-state index contributed by atoms with van der Waals surface area (Å²) >= 11 is 0. The van der Waals surface area contributed by atoms with Gasteiger partial charge in [0.05, 0.1) is 17.7 Å². The standard InChI is InChI=1S/C29H34F3N5O4/c1-18(2)17-36(5)24-13-20(16-28(3,4)41-27(33)40)23(14-22(24)29(30,31)32)35-26(39)15-25(38)19-8-6-9-21(12-19)37-11-7-10-34-37/h6-14,18H,15-17H2,1-5H3,(H2,33,40)(H,35,39). The summed E-state index contributed by atoms with van der Waals surface area (Å²) in [4.78, 5) is 38.8. The quantitative estimate of drug-likeness (QED) is 0.227. The predicted octanol–water partition coefficient (Wildman–Crippen LogP) is 5.61. The van der Waals surface area contributed by atoms with Crippen LogP contribution in [0.5, 0.6) is 0 Å². The highest BCUT2D eigenvalue weighted by Crippen LogP contribution is 2.41. The largest absolute Gasteiger partial charge is 0.443 e. The second kappa shape index (κ2) is 12.4. The first-order chi connectivity index (χ1) is 19.1. The number of anilines is 2. The summed E-state index contributed by atoms with van der Waals surface area (Å²) in [6.07, 6.45) is -3.18. The number of rotatable bonds is 11. The average Bonchev–Trinajstić information content (AvgIpc) is 3.38. The monoisotopic (exact) mass is 573 g/mol. The van der Waals surface area contributed by atoms with Crippen molar-refractivity contribution < 1.29 is 32.3 Å². The summed E-state index contributed by atoms with van der Waals surface area (Å²) in [7, 11) is 1.55. The van der Waals surface area contributed by atoms with Gasteiger partial charge >= 0.3 is 12.3 Å². The van der Waals surface area contributed by atoms with Crippen molar-refractivity contribution in [2.75, 3.05) is 23.8 Å². The van der Waals surface area contributed by atoms with Crippen molar-refractivity contribution in [3.63, 3.8) is 0 Å². The van der Waals surface area contributed by atoms with Crippen molar-refractivity contribution in [1.82, 2.24) is 9.78 Å². The van der Waals surface area contributed by atoms with Crippen molar-refractivity contribution >= 4 is 29.2 Å². The van der Waals surface area contributed by atoms with Crippen LogP contribution in [0.25, 0.3) is 5.69 Å². The molecule has 0 saturated carbocycles. The number of halogens is 3. The van der Waals surface area contributed by atoms with Gasteiger partial charge in [0.15, 0.2) is 5.78 Å². The fraction of sp³-hybridized carbons (Fsp3) is 0.379. The van der Waals surface area contributed by atoms with E-state index in [1.54, 1.807) is 68.3 Å². The third kappa shape index (κ3) is 8.57. The molecule has 0 bridgehead atoms. The van der Waals surface area contributed by atoms with E-state index >= 15 is 0 Å². The molecule has 220 valence electrons. The maximum Gasteiger partial charge on any atom is 0.418 e. The van der Waals surface area contributed by atoms with E-state index < -0.39 is 41.5 Å². The Morgan fingerprint density at radius 2 is 1.83 bits per heavy atom. The molecule has 41 heavy (non-hydrogen) atoms. The SMILES string of the molecule is CC(C)CN(C)c1cc(CC(C)(C)OC(N)=O)c(NC(=O)CC(=O)c2cccc(-n3cccn3)c2)cc1C(F)(F)F. The Kier molecular flexibility index (Phi) is 9.46. The van der Waals surface area contributed by atoms with E-state index in [1.807, 2.05) is 13.8 Å². The molecule has 3 N–H and O–H groups in total. The number of hydrogen-bond donors (Lipinski definition) is 2. The fourth-order valence-electron chi connectivity index (χ4n) is 4.54. The van der Waals surface area contributed by atoms with Crippen molar-refractivity contribution in [2.24, 2.45) is 11.7 Å². The van der Waals surface area contributed by atoms with Crippen molar-refractivity contribution in [2.45, 2.75) is 52.3 Å². The van der Waals surface area contributed by atoms with E-state index in [9.17, 15) is 27.6 Å². The highest BCUT2D eigenvalue weighted by atomic mass is 19.4. The summed E-state index contributed by atoms with van der Waals surface area (Å²) in [5.41, 5.74) is 3.90. The maximum absolute atomic E-state index is 14.2. The highest BCUT2D eigenvalue weighted by Gasteiger charge is 2.37. The molecule has 0 saturated heterocycles. The smallest absolute Gasteiger partial charge is 0.418 e. The zero-order chi connectivity index (χ0) is 30.5. The molecule has 0 aliphatic carbocycles. The van der Waals surface area contributed by atoms with Gasteiger partial charge in [-0.05, 0) is 55.7 Å². The summed E-state index contributed by atoms with van der Waals surface area (Å²) in [5.74, 6) is -1.26. The minimum Gasteiger partial charge on any atom is -0.443 e. The number of ether oxygens (including phenoxy) is 1. The van der Waals surface area contributed by atoms with Crippen LogP contribution >= 0.6 is 0 Å². The third-order valence-electron chi connectivity index (χ3n) is 6.10. The van der Waals surface area contributed by atoms with Gasteiger partial charge in [-0.2, -0.15) is 18.3 Å². The molecule has 3 rings (SSSR count). The normalized spacial score (nSPS) is 11.8. The number of carbonyl (C=O) groups is 3. The molecule has 0 aliphatic rings. The molecule has 2 amide bonds. The zero-order valence-corrected chi connectivity index (χ0v) is 23.6. The maximum atomic E-state index is 14.2. The van der Waals surface area contributed by atoms with Crippen LogP contribution in [-0.2, 0) is 22.1 Å². The van der Waals surface area contributed by atoms with Gasteiger partial charge in [0.2, 0.25) is 5.91 Å².